The van der Waals surface area contributed by atoms with Gasteiger partial charge >= 0.3 is 0 Å². The van der Waals surface area contributed by atoms with Crippen molar-refractivity contribution in [1.82, 2.24) is 5.16 Å². The van der Waals surface area contributed by atoms with Crippen molar-refractivity contribution < 1.29 is 17.7 Å². The van der Waals surface area contributed by atoms with Crippen molar-refractivity contribution in [2.24, 2.45) is 0 Å². The number of halogens is 1. The summed E-state index contributed by atoms with van der Waals surface area (Å²) in [4.78, 5) is 12.6. The Morgan fingerprint density at radius 1 is 1.36 bits per heavy atom. The Bertz CT molecular complexity index is 837. The Labute approximate surface area is 133 Å². The molecule has 7 heteroatoms. The smallest absolute Gasteiger partial charge is 0.199 e. The summed E-state index contributed by atoms with van der Waals surface area (Å²) in [6.45, 7) is 0. The summed E-state index contributed by atoms with van der Waals surface area (Å²) < 4.78 is 27.8. The third-order valence-electron chi connectivity index (χ3n) is 3.50. The second kappa shape index (κ2) is 5.52. The van der Waals surface area contributed by atoms with Gasteiger partial charge in [0.15, 0.2) is 21.4 Å². The van der Waals surface area contributed by atoms with Crippen LogP contribution in [0.4, 0.5) is 0 Å². The minimum atomic E-state index is -3.15. The molecule has 0 radical (unpaired) electrons. The van der Waals surface area contributed by atoms with E-state index in [0.29, 0.717) is 22.5 Å². The molecule has 0 atom stereocenters. The fraction of sp³-hybridized carbons (Fsp3) is 0.333. The summed E-state index contributed by atoms with van der Waals surface area (Å²) in [5, 5.41) is 3.94. The fourth-order valence-electron chi connectivity index (χ4n) is 2.34. The van der Waals surface area contributed by atoms with Crippen LogP contribution in [0.2, 0.25) is 5.02 Å². The molecular formula is C15H14ClNO4S. The molecule has 0 spiro atoms. The lowest BCUT2D eigenvalue weighted by Crippen LogP contribution is -2.05. The maximum atomic E-state index is 12.6. The highest BCUT2D eigenvalue weighted by atomic mass is 35.5. The van der Waals surface area contributed by atoms with Gasteiger partial charge in [-0.25, -0.2) is 8.42 Å². The van der Waals surface area contributed by atoms with Crippen LogP contribution >= 0.6 is 11.6 Å². The highest BCUT2D eigenvalue weighted by Crippen LogP contribution is 2.42. The summed E-state index contributed by atoms with van der Waals surface area (Å²) in [6.07, 6.45) is 4.56. The Kier molecular flexibility index (Phi) is 3.82. The van der Waals surface area contributed by atoms with Crippen LogP contribution in [-0.4, -0.2) is 25.6 Å². The Morgan fingerprint density at radius 3 is 2.68 bits per heavy atom. The molecule has 0 bridgehead atoms. The van der Waals surface area contributed by atoms with E-state index >= 15 is 0 Å². The van der Waals surface area contributed by atoms with Gasteiger partial charge in [-0.2, -0.15) is 0 Å². The van der Waals surface area contributed by atoms with Gasteiger partial charge in [0.25, 0.3) is 0 Å². The SMILES string of the molecule is CS(=O)(=O)Cc1ccc(C(=O)c2cnoc2C2CC2)c(Cl)c1. The van der Waals surface area contributed by atoms with Crippen molar-refractivity contribution in [3.63, 3.8) is 0 Å². The molecule has 1 fully saturated rings. The summed E-state index contributed by atoms with van der Waals surface area (Å²) in [6, 6.07) is 4.67. The minimum absolute atomic E-state index is 0.109. The molecule has 3 rings (SSSR count). The predicted molar refractivity (Wildman–Crippen MR) is 81.9 cm³/mol. The quantitative estimate of drug-likeness (QED) is 0.782. The van der Waals surface area contributed by atoms with Crippen LogP contribution < -0.4 is 0 Å². The first kappa shape index (κ1) is 15.2. The number of aromatic nitrogens is 1. The lowest BCUT2D eigenvalue weighted by Gasteiger charge is -2.06. The van der Waals surface area contributed by atoms with Gasteiger partial charge in [0.2, 0.25) is 0 Å². The molecule has 1 heterocycles. The fourth-order valence-corrected chi connectivity index (χ4v) is 3.41. The topological polar surface area (TPSA) is 77.2 Å². The summed E-state index contributed by atoms with van der Waals surface area (Å²) in [5.41, 5.74) is 1.31. The van der Waals surface area contributed by atoms with E-state index in [1.807, 2.05) is 0 Å². The number of carbonyl (C=O) groups is 1. The second-order valence-electron chi connectivity index (χ2n) is 5.59. The van der Waals surface area contributed by atoms with Gasteiger partial charge in [0.1, 0.15) is 0 Å². The maximum Gasteiger partial charge on any atom is 0.199 e. The van der Waals surface area contributed by atoms with E-state index in [1.54, 1.807) is 12.1 Å². The Morgan fingerprint density at radius 2 is 2.09 bits per heavy atom. The predicted octanol–water partition coefficient (Wildman–Crippen LogP) is 2.98. The maximum absolute atomic E-state index is 12.6. The first-order chi connectivity index (χ1) is 10.3. The average molecular weight is 340 g/mol. The molecule has 1 aliphatic rings. The zero-order valence-electron chi connectivity index (χ0n) is 11.9. The minimum Gasteiger partial charge on any atom is -0.360 e. The molecule has 22 heavy (non-hydrogen) atoms. The Hall–Kier alpha value is -1.66. The molecule has 1 aromatic carbocycles. The molecule has 1 aliphatic carbocycles. The van der Waals surface area contributed by atoms with Crippen LogP contribution in [0.25, 0.3) is 0 Å². The molecule has 2 aromatic rings. The number of carbonyl (C=O) groups excluding carboxylic acids is 1. The lowest BCUT2D eigenvalue weighted by molar-refractivity contribution is 0.103. The van der Waals surface area contributed by atoms with Gasteiger partial charge in [0.05, 0.1) is 22.5 Å². The van der Waals surface area contributed by atoms with Crippen LogP contribution in [0, 0.1) is 0 Å². The van der Waals surface area contributed by atoms with E-state index in [2.05, 4.69) is 5.16 Å². The van der Waals surface area contributed by atoms with Crippen molar-refractivity contribution in [3.8, 4) is 0 Å². The molecule has 5 nitrogen and oxygen atoms in total. The van der Waals surface area contributed by atoms with Crippen molar-refractivity contribution in [1.29, 1.82) is 0 Å². The standard InChI is InChI=1S/C15H14ClNO4S/c1-22(19,20)8-9-2-5-11(13(16)6-9)14(18)12-7-17-21-15(12)10-3-4-10/h2,5-7,10H,3-4,8H2,1H3. The first-order valence-electron chi connectivity index (χ1n) is 6.80. The number of nitrogens with zero attached hydrogens (tertiary/aromatic N) is 1. The zero-order chi connectivity index (χ0) is 15.9. The molecular weight excluding hydrogens is 326 g/mol. The summed E-state index contributed by atoms with van der Waals surface area (Å²) >= 11 is 6.15. The number of rotatable bonds is 5. The van der Waals surface area contributed by atoms with Gasteiger partial charge in [-0.1, -0.05) is 22.8 Å². The van der Waals surface area contributed by atoms with Crippen LogP contribution in [-0.2, 0) is 15.6 Å². The zero-order valence-corrected chi connectivity index (χ0v) is 13.4. The molecule has 0 unspecified atom stereocenters. The monoisotopic (exact) mass is 339 g/mol. The molecule has 0 N–H and O–H groups in total. The molecule has 1 saturated carbocycles. The highest BCUT2D eigenvalue weighted by Gasteiger charge is 2.33. The highest BCUT2D eigenvalue weighted by molar-refractivity contribution is 7.89. The van der Waals surface area contributed by atoms with E-state index in [-0.39, 0.29) is 22.5 Å². The van der Waals surface area contributed by atoms with Gasteiger partial charge < -0.3 is 4.52 Å². The van der Waals surface area contributed by atoms with Crippen LogP contribution in [0.1, 0.15) is 46.0 Å². The van der Waals surface area contributed by atoms with Gasteiger partial charge in [-0.05, 0) is 30.5 Å². The van der Waals surface area contributed by atoms with Crippen LogP contribution in [0.3, 0.4) is 0 Å². The third kappa shape index (κ3) is 3.23. The lowest BCUT2D eigenvalue weighted by atomic mass is 10.0. The van der Waals surface area contributed by atoms with E-state index in [9.17, 15) is 13.2 Å². The average Bonchev–Trinajstić information content (AvgIpc) is 3.14. The number of sulfone groups is 1. The molecule has 1 aromatic heterocycles. The van der Waals surface area contributed by atoms with Gasteiger partial charge in [-0.3, -0.25) is 4.79 Å². The van der Waals surface area contributed by atoms with E-state index in [1.165, 1.54) is 12.3 Å². The van der Waals surface area contributed by atoms with Crippen LogP contribution in [0.5, 0.6) is 0 Å². The third-order valence-corrected chi connectivity index (χ3v) is 4.67. The largest absolute Gasteiger partial charge is 0.360 e. The number of hydrogen-bond donors (Lipinski definition) is 0. The summed E-state index contributed by atoms with van der Waals surface area (Å²) in [5.74, 6) is 0.520. The molecule has 0 saturated heterocycles. The molecule has 0 amide bonds. The first-order valence-corrected chi connectivity index (χ1v) is 9.24. The molecule has 0 aliphatic heterocycles. The number of hydrogen-bond acceptors (Lipinski definition) is 5. The normalized spacial score (nSPS) is 15.0. The number of ketones is 1. The second-order valence-corrected chi connectivity index (χ2v) is 8.14. The molecule has 116 valence electrons. The summed E-state index contributed by atoms with van der Waals surface area (Å²) in [7, 11) is -3.15. The van der Waals surface area contributed by atoms with E-state index < -0.39 is 9.84 Å². The Balaban J connectivity index is 1.91. The van der Waals surface area contributed by atoms with Crippen LogP contribution in [0.15, 0.2) is 28.9 Å². The van der Waals surface area contributed by atoms with Crippen molar-refractivity contribution >= 4 is 27.2 Å². The van der Waals surface area contributed by atoms with Gasteiger partial charge in [-0.15, -0.1) is 0 Å². The van der Waals surface area contributed by atoms with E-state index in [0.717, 1.165) is 19.1 Å². The van der Waals surface area contributed by atoms with Crippen molar-refractivity contribution in [2.75, 3.05) is 6.26 Å². The van der Waals surface area contributed by atoms with Crippen molar-refractivity contribution in [2.45, 2.75) is 24.5 Å². The number of benzene rings is 1. The van der Waals surface area contributed by atoms with E-state index in [4.69, 9.17) is 16.1 Å². The van der Waals surface area contributed by atoms with Crippen molar-refractivity contribution in [3.05, 3.63) is 51.9 Å². The van der Waals surface area contributed by atoms with Gasteiger partial charge in [0, 0.05) is 17.7 Å².